The van der Waals surface area contributed by atoms with Crippen LogP contribution in [0.4, 0.5) is 0 Å². The maximum absolute atomic E-state index is 13.6. The Hall–Kier alpha value is -3.38. The van der Waals surface area contributed by atoms with Crippen molar-refractivity contribution in [3.05, 3.63) is 0 Å². The predicted molar refractivity (Wildman–Crippen MR) is 209 cm³/mol. The summed E-state index contributed by atoms with van der Waals surface area (Å²) in [6.07, 6.45) is -12.9. The minimum Gasteiger partial charge on any atom is -0.463 e. The van der Waals surface area contributed by atoms with Crippen molar-refractivity contribution in [1.82, 2.24) is 0 Å². The average molecular weight is 847 g/mol. The number of aliphatic hydroxyl groups is 2. The summed E-state index contributed by atoms with van der Waals surface area (Å²) in [5.74, 6) is -8.77. The monoisotopic (exact) mass is 846 g/mol. The highest BCUT2D eigenvalue weighted by atomic mass is 16.8. The Morgan fingerprint density at radius 1 is 0.593 bits per heavy atom. The molecule has 59 heavy (non-hydrogen) atoms. The number of hydrogen-bond donors (Lipinski definition) is 2. The van der Waals surface area contributed by atoms with E-state index in [4.69, 9.17) is 42.6 Å². The molecule has 0 amide bonds. The summed E-state index contributed by atoms with van der Waals surface area (Å²) < 4.78 is 54.1. The van der Waals surface area contributed by atoms with E-state index in [2.05, 4.69) is 0 Å². The van der Waals surface area contributed by atoms with Gasteiger partial charge in [0.25, 0.3) is 0 Å². The molecule has 0 aliphatic carbocycles. The van der Waals surface area contributed by atoms with Crippen LogP contribution in [0.2, 0.25) is 0 Å². The van der Waals surface area contributed by atoms with Crippen LogP contribution in [0, 0.1) is 35.5 Å². The first kappa shape index (κ1) is 51.8. The molecule has 2 fully saturated rings. The molecule has 0 bridgehead atoms. The summed E-state index contributed by atoms with van der Waals surface area (Å²) >= 11 is 0. The Morgan fingerprint density at radius 2 is 1.07 bits per heavy atom. The van der Waals surface area contributed by atoms with Crippen LogP contribution in [-0.4, -0.2) is 121 Å². The van der Waals surface area contributed by atoms with Crippen LogP contribution in [0.15, 0.2) is 0 Å². The predicted octanol–water partition coefficient (Wildman–Crippen LogP) is 4.19. The molecule has 17 nitrogen and oxygen atoms in total. The smallest absolute Gasteiger partial charge is 0.309 e. The first-order valence-electron chi connectivity index (χ1n) is 21.0. The van der Waals surface area contributed by atoms with Crippen molar-refractivity contribution < 1.29 is 81.6 Å². The van der Waals surface area contributed by atoms with Crippen LogP contribution in [0.5, 0.6) is 0 Å². The van der Waals surface area contributed by atoms with E-state index in [-0.39, 0.29) is 49.4 Å². The molecule has 0 aromatic heterocycles. The van der Waals surface area contributed by atoms with Crippen LogP contribution in [-0.2, 0) is 71.4 Å². The minimum absolute atomic E-state index is 0.0339. The Balaban J connectivity index is 2.92. The van der Waals surface area contributed by atoms with Gasteiger partial charge in [-0.15, -0.1) is 0 Å². The van der Waals surface area contributed by atoms with Crippen molar-refractivity contribution in [3.63, 3.8) is 0 Å². The zero-order chi connectivity index (χ0) is 44.8. The second-order valence-electron chi connectivity index (χ2n) is 17.3. The molecule has 2 saturated heterocycles. The van der Waals surface area contributed by atoms with E-state index in [0.29, 0.717) is 12.8 Å². The van der Waals surface area contributed by atoms with Crippen molar-refractivity contribution in [2.24, 2.45) is 35.5 Å². The lowest BCUT2D eigenvalue weighted by molar-refractivity contribution is -0.384. The van der Waals surface area contributed by atoms with Crippen LogP contribution >= 0.6 is 0 Å². The van der Waals surface area contributed by atoms with Gasteiger partial charge >= 0.3 is 35.8 Å². The van der Waals surface area contributed by atoms with Crippen molar-refractivity contribution in [2.75, 3.05) is 19.8 Å². The molecule has 2 aliphatic rings. The van der Waals surface area contributed by atoms with E-state index < -0.39 is 122 Å². The third-order valence-corrected chi connectivity index (χ3v) is 9.76. The maximum Gasteiger partial charge on any atom is 0.309 e. The normalized spacial score (nSPS) is 28.0. The minimum atomic E-state index is -2.48. The van der Waals surface area contributed by atoms with Gasteiger partial charge < -0.3 is 52.8 Å². The van der Waals surface area contributed by atoms with Gasteiger partial charge in [-0.3, -0.25) is 28.8 Å². The summed E-state index contributed by atoms with van der Waals surface area (Å²) in [6, 6.07) is 0. The molecule has 2 N–H and O–H groups in total. The van der Waals surface area contributed by atoms with Gasteiger partial charge in [0.1, 0.15) is 31.5 Å². The third kappa shape index (κ3) is 15.9. The van der Waals surface area contributed by atoms with Gasteiger partial charge in [-0.05, 0) is 36.5 Å². The topological polar surface area (TPSA) is 226 Å². The first-order chi connectivity index (χ1) is 27.6. The molecular formula is C42H70O17. The molecule has 0 saturated carbocycles. The van der Waals surface area contributed by atoms with Gasteiger partial charge in [0, 0.05) is 25.7 Å². The number of esters is 6. The van der Waals surface area contributed by atoms with Gasteiger partial charge in [-0.2, -0.15) is 0 Å². The number of hydrogen-bond acceptors (Lipinski definition) is 17. The van der Waals surface area contributed by atoms with E-state index in [1.807, 2.05) is 13.8 Å². The fourth-order valence-electron chi connectivity index (χ4n) is 6.15. The second kappa shape index (κ2) is 24.2. The highest BCUT2D eigenvalue weighted by Gasteiger charge is 2.65. The van der Waals surface area contributed by atoms with E-state index >= 15 is 0 Å². The molecule has 2 heterocycles. The Labute approximate surface area is 348 Å². The van der Waals surface area contributed by atoms with Crippen LogP contribution in [0.1, 0.15) is 122 Å². The number of carbonyl (C=O) groups excluding carboxylic acids is 6. The van der Waals surface area contributed by atoms with E-state index in [0.717, 1.165) is 0 Å². The van der Waals surface area contributed by atoms with Gasteiger partial charge in [-0.1, -0.05) is 83.1 Å². The van der Waals surface area contributed by atoms with Crippen LogP contribution in [0.3, 0.4) is 0 Å². The highest BCUT2D eigenvalue weighted by Crippen LogP contribution is 2.42. The Morgan fingerprint density at radius 3 is 1.56 bits per heavy atom. The van der Waals surface area contributed by atoms with Gasteiger partial charge in [0.15, 0.2) is 24.4 Å². The lowest BCUT2D eigenvalue weighted by Crippen LogP contribution is -2.65. The molecule has 2 aliphatic heterocycles. The maximum atomic E-state index is 13.6. The molecule has 0 aromatic carbocycles. The SMILES string of the molecule is CC[C@H](C)C(=O)OC[C@@]1(O[C@H]2O[C@H](CO)[C@@H](O)[C@H](OC(=O)CC(C)C)[C@H]2OC(=O)CC(C)C)O[C@H](COC(=O)CC(C)C)[C@@H](OC(=O)[C@@H](C)CC)[C@@H]1OC(=O)CC(C)C. The first-order valence-corrected chi connectivity index (χ1v) is 21.0. The second-order valence-corrected chi connectivity index (χ2v) is 17.3. The molecule has 0 aromatic rings. The van der Waals surface area contributed by atoms with Crippen molar-refractivity contribution >= 4 is 35.8 Å². The van der Waals surface area contributed by atoms with E-state index in [1.165, 1.54) is 0 Å². The standard InChI is InChI=1S/C42H70O17/c1-13-26(11)39(49)52-21-42(59-41-37(55-32(46)17-24(7)8)36(34(48)28(19-43)53-41)54-31(45)16-23(5)6)38(56-33(47)18-25(9)10)35(57-40(50)27(12)14-2)29(58-42)20-51-30(44)15-22(3)4/h22-29,34-38,41,43,48H,13-21H2,1-12H3/t26-,27-,28+,29+,34+,35+,36-,37+,38-,41+,42-/m0/s1. The third-order valence-electron chi connectivity index (χ3n) is 9.76. The summed E-state index contributed by atoms with van der Waals surface area (Å²) in [5.41, 5.74) is 0. The number of rotatable bonds is 23. The summed E-state index contributed by atoms with van der Waals surface area (Å²) in [5, 5.41) is 21.8. The summed E-state index contributed by atoms with van der Waals surface area (Å²) in [7, 11) is 0. The molecule has 17 heteroatoms. The van der Waals surface area contributed by atoms with Crippen molar-refractivity contribution in [2.45, 2.75) is 176 Å². The Bertz CT molecular complexity index is 1380. The average Bonchev–Trinajstić information content (AvgIpc) is 3.40. The van der Waals surface area contributed by atoms with E-state index in [1.54, 1.807) is 69.2 Å². The zero-order valence-electron chi connectivity index (χ0n) is 37.0. The number of ether oxygens (including phenoxy) is 9. The fourth-order valence-corrected chi connectivity index (χ4v) is 6.15. The quantitative estimate of drug-likeness (QED) is 0.109. The lowest BCUT2D eigenvalue weighted by atomic mass is 9.97. The Kier molecular flexibility index (Phi) is 21.2. The molecule has 340 valence electrons. The van der Waals surface area contributed by atoms with Gasteiger partial charge in [-0.25, -0.2) is 0 Å². The number of carbonyl (C=O) groups is 6. The van der Waals surface area contributed by atoms with Crippen molar-refractivity contribution in [1.29, 1.82) is 0 Å². The van der Waals surface area contributed by atoms with Crippen LogP contribution < -0.4 is 0 Å². The molecule has 11 atom stereocenters. The van der Waals surface area contributed by atoms with Gasteiger partial charge in [0.05, 0.1) is 18.4 Å². The van der Waals surface area contributed by atoms with E-state index in [9.17, 15) is 39.0 Å². The molecule has 0 unspecified atom stereocenters. The molecule has 0 spiro atoms. The molecule has 0 radical (unpaired) electrons. The summed E-state index contributed by atoms with van der Waals surface area (Å²) in [4.78, 5) is 79.8. The molecular weight excluding hydrogens is 776 g/mol. The molecule has 2 rings (SSSR count). The summed E-state index contributed by atoms with van der Waals surface area (Å²) in [6.45, 7) is 18.8. The van der Waals surface area contributed by atoms with Crippen LogP contribution in [0.25, 0.3) is 0 Å². The zero-order valence-corrected chi connectivity index (χ0v) is 37.0. The van der Waals surface area contributed by atoms with Gasteiger partial charge in [0.2, 0.25) is 12.1 Å². The fraction of sp³-hybridized carbons (Fsp3) is 0.857. The lowest BCUT2D eigenvalue weighted by Gasteiger charge is -2.46. The number of aliphatic hydroxyl groups excluding tert-OH is 2. The largest absolute Gasteiger partial charge is 0.463 e. The van der Waals surface area contributed by atoms with Crippen molar-refractivity contribution in [3.8, 4) is 0 Å². The highest BCUT2D eigenvalue weighted by molar-refractivity contribution is 5.74.